The van der Waals surface area contributed by atoms with Crippen LogP contribution in [-0.4, -0.2) is 16.6 Å². The Bertz CT molecular complexity index is 385. The first-order valence-corrected chi connectivity index (χ1v) is 5.23. The molecule has 0 atom stereocenters. The van der Waals surface area contributed by atoms with Crippen molar-refractivity contribution in [3.8, 4) is 0 Å². The molecule has 1 heterocycles. The van der Waals surface area contributed by atoms with Crippen LogP contribution in [0.5, 0.6) is 0 Å². The van der Waals surface area contributed by atoms with E-state index in [0.29, 0.717) is 15.9 Å². The van der Waals surface area contributed by atoms with E-state index < -0.39 is 11.6 Å². The number of nitrogens with two attached hydrogens (primary N) is 1. The predicted octanol–water partition coefficient (Wildman–Crippen LogP) is 2.38. The first-order chi connectivity index (χ1) is 6.79. The molecule has 1 aromatic heterocycles. The van der Waals surface area contributed by atoms with E-state index in [1.807, 2.05) is 0 Å². The molecule has 15 heavy (non-hydrogen) atoms. The number of aromatic nitrogens is 1. The molecular formula is C10H13BrN2O2. The number of anilines is 1. The van der Waals surface area contributed by atoms with E-state index in [1.165, 1.54) is 12.3 Å². The minimum Gasteiger partial charge on any atom is -0.456 e. The van der Waals surface area contributed by atoms with Crippen LogP contribution in [0.3, 0.4) is 0 Å². The van der Waals surface area contributed by atoms with Gasteiger partial charge in [0.25, 0.3) is 0 Å². The number of carbonyl (C=O) groups excluding carboxylic acids is 1. The topological polar surface area (TPSA) is 65.2 Å². The van der Waals surface area contributed by atoms with Crippen LogP contribution in [0.4, 0.5) is 5.69 Å². The van der Waals surface area contributed by atoms with E-state index >= 15 is 0 Å². The SMILES string of the molecule is CC(C)(C)OC(=O)c1cc(N)cnc1Br. The molecule has 0 aliphatic rings. The van der Waals surface area contributed by atoms with E-state index in [-0.39, 0.29) is 0 Å². The Labute approximate surface area is 97.0 Å². The van der Waals surface area contributed by atoms with Crippen LogP contribution < -0.4 is 5.73 Å². The average molecular weight is 273 g/mol. The number of hydrogen-bond acceptors (Lipinski definition) is 4. The van der Waals surface area contributed by atoms with Gasteiger partial charge in [-0.2, -0.15) is 0 Å². The summed E-state index contributed by atoms with van der Waals surface area (Å²) in [5, 5.41) is 0. The number of pyridine rings is 1. The molecule has 0 amide bonds. The number of ether oxygens (including phenoxy) is 1. The molecule has 0 fully saturated rings. The fourth-order valence-corrected chi connectivity index (χ4v) is 1.32. The number of carbonyl (C=O) groups is 1. The van der Waals surface area contributed by atoms with Gasteiger partial charge in [0, 0.05) is 0 Å². The quantitative estimate of drug-likeness (QED) is 0.630. The lowest BCUT2D eigenvalue weighted by Crippen LogP contribution is -2.24. The molecule has 1 aromatic rings. The lowest BCUT2D eigenvalue weighted by atomic mass is 10.2. The monoisotopic (exact) mass is 272 g/mol. The van der Waals surface area contributed by atoms with E-state index in [2.05, 4.69) is 20.9 Å². The minimum absolute atomic E-state index is 0.338. The van der Waals surface area contributed by atoms with Crippen molar-refractivity contribution in [2.45, 2.75) is 26.4 Å². The van der Waals surface area contributed by atoms with E-state index in [4.69, 9.17) is 10.5 Å². The molecule has 0 saturated carbocycles. The second-order valence-electron chi connectivity index (χ2n) is 4.11. The maximum atomic E-state index is 11.7. The summed E-state index contributed by atoms with van der Waals surface area (Å²) in [5.74, 6) is -0.436. The van der Waals surface area contributed by atoms with Crippen molar-refractivity contribution < 1.29 is 9.53 Å². The van der Waals surface area contributed by atoms with Crippen molar-refractivity contribution in [2.24, 2.45) is 0 Å². The Morgan fingerprint density at radius 1 is 1.53 bits per heavy atom. The van der Waals surface area contributed by atoms with Gasteiger partial charge >= 0.3 is 5.97 Å². The number of nitrogens with zero attached hydrogens (tertiary/aromatic N) is 1. The van der Waals surface area contributed by atoms with E-state index in [1.54, 1.807) is 20.8 Å². The molecule has 0 unspecified atom stereocenters. The van der Waals surface area contributed by atoms with Gasteiger partial charge in [0.1, 0.15) is 10.2 Å². The second kappa shape index (κ2) is 4.18. The Morgan fingerprint density at radius 3 is 2.67 bits per heavy atom. The Kier molecular flexibility index (Phi) is 3.34. The summed E-state index contributed by atoms with van der Waals surface area (Å²) in [7, 11) is 0. The third-order valence-corrected chi connectivity index (χ3v) is 2.11. The van der Waals surface area contributed by atoms with Gasteiger partial charge in [-0.3, -0.25) is 0 Å². The summed E-state index contributed by atoms with van der Waals surface area (Å²) in [5.41, 5.74) is 5.78. The van der Waals surface area contributed by atoms with E-state index in [9.17, 15) is 4.79 Å². The molecule has 82 valence electrons. The van der Waals surface area contributed by atoms with Gasteiger partial charge in [-0.05, 0) is 42.8 Å². The zero-order valence-electron chi connectivity index (χ0n) is 8.87. The Balaban J connectivity index is 2.96. The smallest absolute Gasteiger partial charge is 0.341 e. The molecule has 0 aliphatic heterocycles. The van der Waals surface area contributed by atoms with Gasteiger partial charge in [-0.1, -0.05) is 0 Å². The van der Waals surface area contributed by atoms with E-state index in [0.717, 1.165) is 0 Å². The van der Waals surface area contributed by atoms with Crippen molar-refractivity contribution in [2.75, 3.05) is 5.73 Å². The maximum absolute atomic E-state index is 11.7. The van der Waals surface area contributed by atoms with Crippen molar-refractivity contribution in [3.63, 3.8) is 0 Å². The molecule has 0 aromatic carbocycles. The molecular weight excluding hydrogens is 260 g/mol. The third-order valence-electron chi connectivity index (χ3n) is 1.48. The summed E-state index contributed by atoms with van der Waals surface area (Å²) in [4.78, 5) is 15.6. The first kappa shape index (κ1) is 12.0. The molecule has 0 bridgehead atoms. The van der Waals surface area contributed by atoms with Crippen molar-refractivity contribution in [1.29, 1.82) is 0 Å². The van der Waals surface area contributed by atoms with Gasteiger partial charge in [0.15, 0.2) is 0 Å². The lowest BCUT2D eigenvalue weighted by Gasteiger charge is -2.19. The molecule has 0 aliphatic carbocycles. The van der Waals surface area contributed by atoms with Gasteiger partial charge < -0.3 is 10.5 Å². The summed E-state index contributed by atoms with van der Waals surface area (Å²) in [6.07, 6.45) is 1.47. The fourth-order valence-electron chi connectivity index (χ4n) is 0.940. The molecule has 1 rings (SSSR count). The zero-order chi connectivity index (χ0) is 11.6. The van der Waals surface area contributed by atoms with Crippen LogP contribution in [0.15, 0.2) is 16.9 Å². The highest BCUT2D eigenvalue weighted by Gasteiger charge is 2.20. The van der Waals surface area contributed by atoms with Crippen molar-refractivity contribution in [3.05, 3.63) is 22.4 Å². The average Bonchev–Trinajstić information content (AvgIpc) is 2.06. The van der Waals surface area contributed by atoms with Crippen LogP contribution >= 0.6 is 15.9 Å². The summed E-state index contributed by atoms with van der Waals surface area (Å²) < 4.78 is 5.63. The highest BCUT2D eigenvalue weighted by Crippen LogP contribution is 2.19. The van der Waals surface area contributed by atoms with Crippen molar-refractivity contribution >= 4 is 27.6 Å². The largest absolute Gasteiger partial charge is 0.456 e. The molecule has 0 radical (unpaired) electrons. The molecule has 4 nitrogen and oxygen atoms in total. The van der Waals surface area contributed by atoms with Gasteiger partial charge in [-0.15, -0.1) is 0 Å². The number of rotatable bonds is 1. The summed E-state index contributed by atoms with van der Waals surface area (Å²) >= 11 is 3.17. The predicted molar refractivity (Wildman–Crippen MR) is 61.5 cm³/mol. The first-order valence-electron chi connectivity index (χ1n) is 4.44. The zero-order valence-corrected chi connectivity index (χ0v) is 10.5. The number of halogens is 1. The summed E-state index contributed by atoms with van der Waals surface area (Å²) in [6.45, 7) is 5.41. The second-order valence-corrected chi connectivity index (χ2v) is 4.86. The molecule has 2 N–H and O–H groups in total. The van der Waals surface area contributed by atoms with Gasteiger partial charge in [0.2, 0.25) is 0 Å². The number of nitrogen functional groups attached to an aromatic ring is 1. The van der Waals surface area contributed by atoms with Crippen LogP contribution in [0.25, 0.3) is 0 Å². The van der Waals surface area contributed by atoms with Crippen LogP contribution in [0.2, 0.25) is 0 Å². The van der Waals surface area contributed by atoms with Crippen LogP contribution in [0.1, 0.15) is 31.1 Å². The minimum atomic E-state index is -0.527. The standard InChI is InChI=1S/C10H13BrN2O2/c1-10(2,3)15-9(14)7-4-6(12)5-13-8(7)11/h4-5H,12H2,1-3H3. The summed E-state index contributed by atoms with van der Waals surface area (Å²) in [6, 6.07) is 1.53. The normalized spacial score (nSPS) is 11.2. The molecule has 0 saturated heterocycles. The third kappa shape index (κ3) is 3.51. The maximum Gasteiger partial charge on any atom is 0.341 e. The Hall–Kier alpha value is -1.10. The van der Waals surface area contributed by atoms with Crippen molar-refractivity contribution in [1.82, 2.24) is 4.98 Å². The highest BCUT2D eigenvalue weighted by molar-refractivity contribution is 9.10. The Morgan fingerprint density at radius 2 is 2.13 bits per heavy atom. The number of esters is 1. The van der Waals surface area contributed by atoms with Crippen LogP contribution in [-0.2, 0) is 4.74 Å². The van der Waals surface area contributed by atoms with Gasteiger partial charge in [-0.25, -0.2) is 9.78 Å². The molecule has 0 spiro atoms. The lowest BCUT2D eigenvalue weighted by molar-refractivity contribution is 0.00680. The number of hydrogen-bond donors (Lipinski definition) is 1. The highest BCUT2D eigenvalue weighted by atomic mass is 79.9. The fraction of sp³-hybridized carbons (Fsp3) is 0.400. The van der Waals surface area contributed by atoms with Gasteiger partial charge in [0.05, 0.1) is 17.4 Å². The molecule has 5 heteroatoms. The van der Waals surface area contributed by atoms with Crippen LogP contribution in [0, 0.1) is 0 Å².